The van der Waals surface area contributed by atoms with E-state index in [1.807, 2.05) is 74.7 Å². The molecule has 3 rings (SSSR count). The zero-order valence-corrected chi connectivity index (χ0v) is 15.9. The largest absolute Gasteiger partial charge is 0.355 e. The predicted molar refractivity (Wildman–Crippen MR) is 105 cm³/mol. The number of carbonyl (C=O) groups is 1. The van der Waals surface area contributed by atoms with E-state index >= 15 is 0 Å². The highest BCUT2D eigenvalue weighted by Crippen LogP contribution is 2.21. The Balaban J connectivity index is 1.66. The molecule has 0 saturated carbocycles. The average Bonchev–Trinajstić information content (AvgIpc) is 2.68. The first-order valence-corrected chi connectivity index (χ1v) is 9.21. The van der Waals surface area contributed by atoms with Gasteiger partial charge >= 0.3 is 0 Å². The lowest BCUT2D eigenvalue weighted by Crippen LogP contribution is -2.48. The van der Waals surface area contributed by atoms with Gasteiger partial charge in [0.05, 0.1) is 0 Å². The third kappa shape index (κ3) is 4.41. The summed E-state index contributed by atoms with van der Waals surface area (Å²) in [5.41, 5.74) is 1.97. The van der Waals surface area contributed by atoms with E-state index in [-0.39, 0.29) is 11.9 Å². The molecule has 0 radical (unpaired) electrons. The third-order valence-electron chi connectivity index (χ3n) is 4.94. The maximum absolute atomic E-state index is 12.9. The molecule has 1 atom stereocenters. The van der Waals surface area contributed by atoms with Crippen LogP contribution in [0.15, 0.2) is 48.7 Å². The summed E-state index contributed by atoms with van der Waals surface area (Å²) in [5.74, 6) is 1.08. The Morgan fingerprint density at radius 3 is 2.58 bits per heavy atom. The molecule has 1 amide bonds. The Labute approximate surface area is 156 Å². The van der Waals surface area contributed by atoms with E-state index < -0.39 is 0 Å². The fraction of sp³-hybridized carbons (Fsp3) is 0.429. The molecule has 2 aromatic rings. The summed E-state index contributed by atoms with van der Waals surface area (Å²) < 4.78 is 0. The van der Waals surface area contributed by atoms with Gasteiger partial charge in [-0.25, -0.2) is 4.98 Å². The predicted octanol–water partition coefficient (Wildman–Crippen LogP) is 2.88. The molecule has 2 heterocycles. The Kier molecular flexibility index (Phi) is 5.89. The molecular formula is C21H28N4O. The number of hydrogen-bond donors (Lipinski definition) is 0. The van der Waals surface area contributed by atoms with Gasteiger partial charge in [-0.3, -0.25) is 4.79 Å². The minimum absolute atomic E-state index is 0.0919. The van der Waals surface area contributed by atoms with E-state index in [1.165, 1.54) is 5.56 Å². The first kappa shape index (κ1) is 18.4. The highest BCUT2D eigenvalue weighted by atomic mass is 16.2. The van der Waals surface area contributed by atoms with Crippen LogP contribution in [0.25, 0.3) is 0 Å². The number of hydrogen-bond acceptors (Lipinski definition) is 4. The number of piperidine rings is 1. The number of amides is 1. The van der Waals surface area contributed by atoms with Crippen molar-refractivity contribution in [1.29, 1.82) is 0 Å². The van der Waals surface area contributed by atoms with Gasteiger partial charge in [-0.2, -0.15) is 0 Å². The SMILES string of the molecule is CN(C)Cc1ccc(C(=O)N(C)C2CCCN(c3ccccn3)C2)cc1. The molecule has 138 valence electrons. The van der Waals surface area contributed by atoms with Gasteiger partial charge in [-0.05, 0) is 56.8 Å². The summed E-state index contributed by atoms with van der Waals surface area (Å²) in [4.78, 5) is 23.6. The van der Waals surface area contributed by atoms with Crippen LogP contribution in [0.5, 0.6) is 0 Å². The summed E-state index contributed by atoms with van der Waals surface area (Å²) in [7, 11) is 6.01. The monoisotopic (exact) mass is 352 g/mol. The molecule has 1 fully saturated rings. The van der Waals surface area contributed by atoms with Gasteiger partial charge in [-0.1, -0.05) is 18.2 Å². The van der Waals surface area contributed by atoms with E-state index in [4.69, 9.17) is 0 Å². The number of anilines is 1. The highest BCUT2D eigenvalue weighted by Gasteiger charge is 2.27. The van der Waals surface area contributed by atoms with Crippen molar-refractivity contribution in [3.05, 3.63) is 59.8 Å². The van der Waals surface area contributed by atoms with E-state index in [9.17, 15) is 4.79 Å². The zero-order valence-electron chi connectivity index (χ0n) is 15.9. The lowest BCUT2D eigenvalue weighted by atomic mass is 10.0. The molecule has 1 aromatic carbocycles. The summed E-state index contributed by atoms with van der Waals surface area (Å²) in [6, 6.07) is 14.2. The number of nitrogens with zero attached hydrogens (tertiary/aromatic N) is 4. The van der Waals surface area contributed by atoms with Gasteiger partial charge in [-0.15, -0.1) is 0 Å². The highest BCUT2D eigenvalue weighted by molar-refractivity contribution is 5.94. The van der Waals surface area contributed by atoms with E-state index in [2.05, 4.69) is 14.8 Å². The fourth-order valence-corrected chi connectivity index (χ4v) is 3.51. The molecule has 5 heteroatoms. The Hall–Kier alpha value is -2.40. The maximum Gasteiger partial charge on any atom is 0.253 e. The van der Waals surface area contributed by atoms with Gasteiger partial charge in [0, 0.05) is 44.5 Å². The van der Waals surface area contributed by atoms with Crippen molar-refractivity contribution in [3.8, 4) is 0 Å². The first-order valence-electron chi connectivity index (χ1n) is 9.21. The van der Waals surface area contributed by atoms with Crippen molar-refractivity contribution >= 4 is 11.7 Å². The molecule has 1 aliphatic rings. The van der Waals surface area contributed by atoms with Crippen molar-refractivity contribution < 1.29 is 4.79 Å². The third-order valence-corrected chi connectivity index (χ3v) is 4.94. The molecule has 5 nitrogen and oxygen atoms in total. The van der Waals surface area contributed by atoms with Crippen molar-refractivity contribution in [2.75, 3.05) is 39.1 Å². The molecule has 26 heavy (non-hydrogen) atoms. The molecule has 0 aliphatic carbocycles. The minimum Gasteiger partial charge on any atom is -0.355 e. The van der Waals surface area contributed by atoms with E-state index in [1.54, 1.807) is 0 Å². The number of carbonyl (C=O) groups excluding carboxylic acids is 1. The summed E-state index contributed by atoms with van der Waals surface area (Å²) >= 11 is 0. The van der Waals surface area contributed by atoms with Crippen LogP contribution >= 0.6 is 0 Å². The van der Waals surface area contributed by atoms with Crippen LogP contribution in [0, 0.1) is 0 Å². The molecule has 1 aliphatic heterocycles. The summed E-state index contributed by atoms with van der Waals surface area (Å²) in [6.07, 6.45) is 3.92. The number of benzene rings is 1. The molecule has 1 unspecified atom stereocenters. The number of pyridine rings is 1. The smallest absolute Gasteiger partial charge is 0.253 e. The molecule has 0 spiro atoms. The van der Waals surface area contributed by atoms with Crippen LogP contribution < -0.4 is 4.90 Å². The van der Waals surface area contributed by atoms with Gasteiger partial charge < -0.3 is 14.7 Å². The second kappa shape index (κ2) is 8.32. The molecule has 1 aromatic heterocycles. The second-order valence-corrected chi connectivity index (χ2v) is 7.28. The van der Waals surface area contributed by atoms with Crippen LogP contribution in [0.4, 0.5) is 5.82 Å². The number of rotatable bonds is 5. The quantitative estimate of drug-likeness (QED) is 0.830. The van der Waals surface area contributed by atoms with E-state index in [0.717, 1.165) is 43.9 Å². The van der Waals surface area contributed by atoms with Crippen molar-refractivity contribution in [2.24, 2.45) is 0 Å². The fourth-order valence-electron chi connectivity index (χ4n) is 3.51. The van der Waals surface area contributed by atoms with Crippen LogP contribution in [-0.4, -0.2) is 61.0 Å². The normalized spacial score (nSPS) is 17.4. The van der Waals surface area contributed by atoms with Crippen molar-refractivity contribution in [3.63, 3.8) is 0 Å². The zero-order chi connectivity index (χ0) is 18.5. The molecular weight excluding hydrogens is 324 g/mol. The van der Waals surface area contributed by atoms with E-state index in [0.29, 0.717) is 0 Å². The molecule has 0 bridgehead atoms. The molecule has 0 N–H and O–H groups in total. The summed E-state index contributed by atoms with van der Waals surface area (Å²) in [5, 5.41) is 0. The van der Waals surface area contributed by atoms with Gasteiger partial charge in [0.25, 0.3) is 5.91 Å². The van der Waals surface area contributed by atoms with Crippen molar-refractivity contribution in [2.45, 2.75) is 25.4 Å². The lowest BCUT2D eigenvalue weighted by Gasteiger charge is -2.38. The number of likely N-dealkylation sites (N-methyl/N-ethyl adjacent to an activating group) is 1. The Bertz CT molecular complexity index is 715. The first-order chi connectivity index (χ1) is 12.5. The second-order valence-electron chi connectivity index (χ2n) is 7.28. The lowest BCUT2D eigenvalue weighted by molar-refractivity contribution is 0.0717. The van der Waals surface area contributed by atoms with Crippen LogP contribution in [0.3, 0.4) is 0 Å². The maximum atomic E-state index is 12.9. The molecule has 1 saturated heterocycles. The van der Waals surface area contributed by atoms with Crippen LogP contribution in [-0.2, 0) is 6.54 Å². The standard InChI is InChI=1S/C21H28N4O/c1-23(2)15-17-9-11-18(12-10-17)21(26)24(3)19-7-6-14-25(16-19)20-8-4-5-13-22-20/h4-5,8-13,19H,6-7,14-16H2,1-3H3. The van der Waals surface area contributed by atoms with Crippen molar-refractivity contribution in [1.82, 2.24) is 14.8 Å². The Morgan fingerprint density at radius 1 is 1.15 bits per heavy atom. The van der Waals surface area contributed by atoms with Crippen LogP contribution in [0.2, 0.25) is 0 Å². The Morgan fingerprint density at radius 2 is 1.92 bits per heavy atom. The minimum atomic E-state index is 0.0919. The summed E-state index contributed by atoms with van der Waals surface area (Å²) in [6.45, 7) is 2.71. The van der Waals surface area contributed by atoms with Gasteiger partial charge in [0.1, 0.15) is 5.82 Å². The number of aromatic nitrogens is 1. The van der Waals surface area contributed by atoms with Gasteiger partial charge in [0.2, 0.25) is 0 Å². The van der Waals surface area contributed by atoms with Gasteiger partial charge in [0.15, 0.2) is 0 Å². The topological polar surface area (TPSA) is 39.7 Å². The van der Waals surface area contributed by atoms with Crippen LogP contribution in [0.1, 0.15) is 28.8 Å². The average molecular weight is 352 g/mol.